The van der Waals surface area contributed by atoms with Crippen LogP contribution in [0.5, 0.6) is 0 Å². The highest BCUT2D eigenvalue weighted by Crippen LogP contribution is 2.15. The molecule has 0 aromatic heterocycles. The van der Waals surface area contributed by atoms with Crippen LogP contribution >= 0.6 is 0 Å². The van der Waals surface area contributed by atoms with Gasteiger partial charge >= 0.3 is 33.7 Å². The van der Waals surface area contributed by atoms with Crippen LogP contribution < -0.4 is 23.6 Å². The molecule has 0 fully saturated rings. The molecule has 0 amide bonds. The Morgan fingerprint density at radius 2 is 0.714 bits per heavy atom. The highest BCUT2D eigenvalue weighted by Gasteiger charge is 2.66. The fraction of sp³-hybridized carbons (Fsp3) is 0. The molecule has 0 aliphatic rings. The predicted molar refractivity (Wildman–Crippen MR) is 52.8 cm³/mol. The molecule has 0 aromatic carbocycles. The van der Waals surface area contributed by atoms with Gasteiger partial charge in [0.25, 0.3) is 0 Å². The summed E-state index contributed by atoms with van der Waals surface area (Å²) in [6.45, 7) is 0. The van der Waals surface area contributed by atoms with E-state index in [0.29, 0.717) is 0 Å². The van der Waals surface area contributed by atoms with Gasteiger partial charge in [0, 0.05) is 0 Å². The molecule has 21 heavy (non-hydrogen) atoms. The lowest BCUT2D eigenvalue weighted by molar-refractivity contribution is -0.0249. The molecule has 0 rings (SSSR count). The third-order valence-electron chi connectivity index (χ3n) is 1.22. The van der Waals surface area contributed by atoms with Crippen LogP contribution in [0.15, 0.2) is 0 Å². The quantitative estimate of drug-likeness (QED) is 0.307. The van der Waals surface area contributed by atoms with Crippen LogP contribution in [-0.4, -0.2) is 33.7 Å². The van der Waals surface area contributed by atoms with Crippen molar-refractivity contribution in [2.45, 2.75) is 0 Å². The van der Waals surface area contributed by atoms with Gasteiger partial charge in [-0.15, -0.1) is 0 Å². The number of hydrogen-bond acceptors (Lipinski definition) is 16. The summed E-state index contributed by atoms with van der Waals surface area (Å²) < 4.78 is 16.5. The summed E-state index contributed by atoms with van der Waals surface area (Å²) >= 11 is 0. The van der Waals surface area contributed by atoms with Crippen molar-refractivity contribution >= 4 is 33.7 Å². The van der Waals surface area contributed by atoms with Crippen molar-refractivity contribution in [2.24, 2.45) is 23.6 Å². The van der Waals surface area contributed by atoms with Gasteiger partial charge in [0.15, 0.2) is 0 Å². The predicted octanol–water partition coefficient (Wildman–Crippen LogP) is -2.47. The van der Waals surface area contributed by atoms with Gasteiger partial charge in [-0.3, -0.25) is 0 Å². The topological polar surface area (TPSA) is 246 Å². The van der Waals surface area contributed by atoms with Crippen LogP contribution in [0.4, 0.5) is 19.2 Å². The zero-order valence-corrected chi connectivity index (χ0v) is 10.7. The highest BCUT2D eigenvalue weighted by atomic mass is 28.4. The normalized spacial score (nSPS) is 9.71. The van der Waals surface area contributed by atoms with Crippen molar-refractivity contribution in [1.82, 2.24) is 0 Å². The Kier molecular flexibility index (Phi) is 7.20. The monoisotopic (exact) mass is 332 g/mol. The van der Waals surface area contributed by atoms with E-state index < -0.39 is 33.7 Å². The molecule has 0 aromatic rings. The van der Waals surface area contributed by atoms with Crippen molar-refractivity contribution < 1.29 is 56.2 Å². The number of hydrogen-bond donors (Lipinski definition) is 4. The Morgan fingerprint density at radius 1 is 0.524 bits per heavy atom. The minimum Gasteiger partial charge on any atom is -0.388 e. The van der Waals surface area contributed by atoms with Crippen LogP contribution in [0.1, 0.15) is 0 Å². The van der Waals surface area contributed by atoms with Crippen molar-refractivity contribution in [3.05, 3.63) is 0 Å². The maximum atomic E-state index is 10.9. The minimum absolute atomic E-state index is 1.82. The lowest BCUT2D eigenvalue weighted by Crippen LogP contribution is -2.55. The molecule has 0 saturated heterocycles. The third kappa shape index (κ3) is 6.21. The first-order valence-electron chi connectivity index (χ1n) is 4.21. The molecule has 17 heteroatoms. The lowest BCUT2D eigenvalue weighted by Gasteiger charge is -2.21. The SMILES string of the molecule is NOC(=O)O[Si](OC(=O)ON)(OC(=O)ON)OC(=O)ON. The van der Waals surface area contributed by atoms with Crippen LogP contribution in [-0.2, 0) is 37.1 Å². The molecule has 120 valence electrons. The van der Waals surface area contributed by atoms with Crippen molar-refractivity contribution in [3.8, 4) is 0 Å². The zero-order valence-electron chi connectivity index (χ0n) is 9.71. The van der Waals surface area contributed by atoms with Crippen LogP contribution in [0.2, 0.25) is 0 Å². The van der Waals surface area contributed by atoms with Gasteiger partial charge in [-0.05, 0) is 0 Å². The Hall–Kier alpha value is -2.86. The number of carbonyl (C=O) groups excluding carboxylic acids is 4. The Bertz CT molecular complexity index is 337. The first-order chi connectivity index (χ1) is 9.82. The summed E-state index contributed by atoms with van der Waals surface area (Å²) in [5.74, 6) is 17.7. The van der Waals surface area contributed by atoms with E-state index in [0.717, 1.165) is 0 Å². The van der Waals surface area contributed by atoms with E-state index in [1.54, 1.807) is 0 Å². The van der Waals surface area contributed by atoms with Gasteiger partial charge in [-0.25, -0.2) is 19.2 Å². The van der Waals surface area contributed by atoms with Crippen molar-refractivity contribution in [1.29, 1.82) is 0 Å². The Labute approximate surface area is 114 Å². The van der Waals surface area contributed by atoms with Gasteiger partial charge < -0.3 is 37.1 Å². The van der Waals surface area contributed by atoms with Gasteiger partial charge in [-0.2, -0.15) is 23.6 Å². The van der Waals surface area contributed by atoms with Gasteiger partial charge in [0.1, 0.15) is 0 Å². The average molecular weight is 332 g/mol. The summed E-state index contributed by atoms with van der Waals surface area (Å²) in [6, 6.07) is 0. The molecule has 8 N–H and O–H groups in total. The summed E-state index contributed by atoms with van der Waals surface area (Å²) in [7, 11) is -5.35. The standard InChI is InChI=1S/C4H8N4O12Si/c5-13-1(9)17-21(18-2(10)14-6,19-3(11)15-7)20-4(12)16-8/h5-8H2. The van der Waals surface area contributed by atoms with Gasteiger partial charge in [-0.1, -0.05) is 0 Å². The number of nitrogens with two attached hydrogens (primary N) is 4. The van der Waals surface area contributed by atoms with Gasteiger partial charge in [0.05, 0.1) is 0 Å². The maximum absolute atomic E-state index is 10.9. The summed E-state index contributed by atoms with van der Waals surface area (Å²) in [5.41, 5.74) is 0. The second kappa shape index (κ2) is 8.34. The van der Waals surface area contributed by atoms with E-state index in [1.165, 1.54) is 0 Å². The number of carbonyl (C=O) groups is 4. The molecular weight excluding hydrogens is 324 g/mol. The van der Waals surface area contributed by atoms with Gasteiger partial charge in [0.2, 0.25) is 0 Å². The van der Waals surface area contributed by atoms with Crippen LogP contribution in [0.3, 0.4) is 0 Å². The summed E-state index contributed by atoms with van der Waals surface area (Å²) in [5, 5.41) is 0. The fourth-order valence-corrected chi connectivity index (χ4v) is 1.89. The molecule has 0 atom stereocenters. The fourth-order valence-electron chi connectivity index (χ4n) is 0.629. The molecule has 0 unspecified atom stereocenters. The van der Waals surface area contributed by atoms with E-state index in [1.807, 2.05) is 0 Å². The molecule has 0 radical (unpaired) electrons. The largest absolute Gasteiger partial charge is 0.984 e. The molecule has 0 heterocycles. The van der Waals surface area contributed by atoms with E-state index in [2.05, 4.69) is 60.6 Å². The van der Waals surface area contributed by atoms with Crippen molar-refractivity contribution in [3.63, 3.8) is 0 Å². The lowest BCUT2D eigenvalue weighted by atomic mass is 11.4. The smallest absolute Gasteiger partial charge is 0.388 e. The van der Waals surface area contributed by atoms with E-state index in [9.17, 15) is 19.2 Å². The second-order valence-corrected chi connectivity index (χ2v) is 4.20. The summed E-state index contributed by atoms with van der Waals surface area (Å²) in [6.07, 6.45) is -7.27. The second-order valence-electron chi connectivity index (χ2n) is 2.38. The summed E-state index contributed by atoms with van der Waals surface area (Å²) in [4.78, 5) is 57.8. The first kappa shape index (κ1) is 18.1. The molecule has 0 bridgehead atoms. The molecule has 0 saturated carbocycles. The molecular formula is C4H8N4O12Si. The van der Waals surface area contributed by atoms with E-state index >= 15 is 0 Å². The molecule has 0 aliphatic heterocycles. The third-order valence-corrected chi connectivity index (χ3v) is 2.88. The molecule has 0 aliphatic carbocycles. The maximum Gasteiger partial charge on any atom is 0.984 e. The van der Waals surface area contributed by atoms with E-state index in [-0.39, 0.29) is 0 Å². The van der Waals surface area contributed by atoms with E-state index in [4.69, 9.17) is 0 Å². The molecule has 16 nitrogen and oxygen atoms in total. The minimum atomic E-state index is -5.35. The number of rotatable bonds is 4. The molecule has 0 spiro atoms. The Balaban J connectivity index is 5.43. The Morgan fingerprint density at radius 3 is 0.857 bits per heavy atom. The highest BCUT2D eigenvalue weighted by molar-refractivity contribution is 6.60. The van der Waals surface area contributed by atoms with Crippen molar-refractivity contribution in [2.75, 3.05) is 0 Å². The average Bonchev–Trinajstić information content (AvgIpc) is 2.46. The van der Waals surface area contributed by atoms with Crippen LogP contribution in [0, 0.1) is 0 Å². The van der Waals surface area contributed by atoms with Crippen LogP contribution in [0.25, 0.3) is 0 Å². The first-order valence-corrected chi connectivity index (χ1v) is 5.84. The zero-order chi connectivity index (χ0) is 16.5.